The predicted octanol–water partition coefficient (Wildman–Crippen LogP) is 18.8. The van der Waals surface area contributed by atoms with Crippen LogP contribution in [0.5, 0.6) is 23.0 Å². The molecule has 72 heavy (non-hydrogen) atoms. The van der Waals surface area contributed by atoms with Crippen molar-refractivity contribution in [2.45, 2.75) is 0 Å². The molecule has 6 heteroatoms. The third-order valence-electron chi connectivity index (χ3n) is 12.7. The number of ether oxygens (including phenoxy) is 2. The quantitative estimate of drug-likeness (QED) is 0.109. The molecule has 0 aliphatic carbocycles. The van der Waals surface area contributed by atoms with E-state index < -0.39 is 0 Å². The summed E-state index contributed by atoms with van der Waals surface area (Å²) in [5, 5.41) is 2.20. The summed E-state index contributed by atoms with van der Waals surface area (Å²) in [6.07, 6.45) is 0. The number of fused-ring (bicyclic) bond motifs is 3. The number of rotatable bonds is 14. The highest BCUT2D eigenvalue weighted by Gasteiger charge is 2.25. The van der Waals surface area contributed by atoms with Gasteiger partial charge in [-0.1, -0.05) is 152 Å². The average Bonchev–Trinajstić information content (AvgIpc) is 3.78. The van der Waals surface area contributed by atoms with E-state index in [1.165, 1.54) is 0 Å². The van der Waals surface area contributed by atoms with Crippen molar-refractivity contribution in [2.75, 3.05) is 14.7 Å². The monoisotopic (exact) mass is 928 g/mol. The SMILES string of the molecule is c1ccc(Oc2cc(N(c3ccccc3)c3ccccc3)cc(N(c3ccccc3)c3cccc4c3c3ccccc3n4-c3cc(Oc4ccccc4)cc(N(c4ccccc4)c4ccccc4)c3)c2)cc1. The van der Waals surface area contributed by atoms with Crippen molar-refractivity contribution in [3.63, 3.8) is 0 Å². The van der Waals surface area contributed by atoms with Gasteiger partial charge in [0.15, 0.2) is 0 Å². The zero-order valence-corrected chi connectivity index (χ0v) is 39.3. The van der Waals surface area contributed by atoms with E-state index in [0.717, 1.165) is 90.2 Å². The Hall–Kier alpha value is -9.78. The van der Waals surface area contributed by atoms with Gasteiger partial charge in [0, 0.05) is 63.5 Å². The minimum atomic E-state index is 0.699. The van der Waals surface area contributed by atoms with E-state index in [4.69, 9.17) is 9.47 Å². The van der Waals surface area contributed by atoms with Gasteiger partial charge in [0.1, 0.15) is 23.0 Å². The van der Waals surface area contributed by atoms with Crippen LogP contribution in [0.2, 0.25) is 0 Å². The van der Waals surface area contributed by atoms with Crippen LogP contribution < -0.4 is 24.2 Å². The first-order chi connectivity index (χ1) is 35.7. The molecule has 0 aliphatic rings. The molecule has 12 rings (SSSR count). The van der Waals surface area contributed by atoms with Crippen molar-refractivity contribution < 1.29 is 9.47 Å². The third-order valence-corrected chi connectivity index (χ3v) is 12.7. The van der Waals surface area contributed by atoms with Gasteiger partial charge >= 0.3 is 0 Å². The zero-order chi connectivity index (χ0) is 48.1. The molecule has 12 aromatic rings. The largest absolute Gasteiger partial charge is 0.457 e. The van der Waals surface area contributed by atoms with E-state index in [-0.39, 0.29) is 0 Å². The lowest BCUT2D eigenvalue weighted by Gasteiger charge is -2.30. The van der Waals surface area contributed by atoms with E-state index in [2.05, 4.69) is 250 Å². The van der Waals surface area contributed by atoms with Crippen LogP contribution in [0.4, 0.5) is 51.2 Å². The molecule has 0 amide bonds. The number of hydrogen-bond acceptors (Lipinski definition) is 5. The Labute approximate surface area is 419 Å². The number of hydrogen-bond donors (Lipinski definition) is 0. The van der Waals surface area contributed by atoms with Gasteiger partial charge in [0.2, 0.25) is 0 Å². The maximum absolute atomic E-state index is 6.80. The summed E-state index contributed by atoms with van der Waals surface area (Å²) in [6.45, 7) is 0. The summed E-state index contributed by atoms with van der Waals surface area (Å²) >= 11 is 0. The maximum atomic E-state index is 6.80. The lowest BCUT2D eigenvalue weighted by Crippen LogP contribution is -2.14. The summed E-state index contributed by atoms with van der Waals surface area (Å²) in [6, 6.07) is 101. The molecule has 1 heterocycles. The van der Waals surface area contributed by atoms with Gasteiger partial charge in [0.05, 0.1) is 39.5 Å². The van der Waals surface area contributed by atoms with Gasteiger partial charge in [-0.2, -0.15) is 0 Å². The highest BCUT2D eigenvalue weighted by atomic mass is 16.5. The molecule has 0 unspecified atom stereocenters. The minimum Gasteiger partial charge on any atom is -0.457 e. The van der Waals surface area contributed by atoms with Crippen molar-refractivity contribution in [1.82, 2.24) is 4.57 Å². The molecule has 0 bridgehead atoms. The molecule has 344 valence electrons. The molecule has 0 atom stereocenters. The van der Waals surface area contributed by atoms with Crippen LogP contribution in [-0.4, -0.2) is 4.57 Å². The first kappa shape index (κ1) is 43.5. The van der Waals surface area contributed by atoms with Crippen molar-refractivity contribution in [1.29, 1.82) is 0 Å². The Bertz CT molecular complexity index is 3660. The fourth-order valence-corrected chi connectivity index (χ4v) is 9.69. The average molecular weight is 929 g/mol. The smallest absolute Gasteiger partial charge is 0.131 e. The molecule has 0 saturated carbocycles. The fraction of sp³-hybridized carbons (Fsp3) is 0. The van der Waals surface area contributed by atoms with Gasteiger partial charge in [-0.25, -0.2) is 0 Å². The second-order valence-corrected chi connectivity index (χ2v) is 17.4. The topological polar surface area (TPSA) is 33.1 Å². The van der Waals surface area contributed by atoms with Crippen LogP contribution >= 0.6 is 0 Å². The first-order valence-electron chi connectivity index (χ1n) is 24.2. The van der Waals surface area contributed by atoms with Gasteiger partial charge in [-0.05, 0) is 115 Å². The molecule has 0 spiro atoms. The molecule has 6 nitrogen and oxygen atoms in total. The second kappa shape index (κ2) is 19.7. The number of para-hydroxylation sites is 8. The van der Waals surface area contributed by atoms with Crippen LogP contribution in [0.1, 0.15) is 0 Å². The number of nitrogens with zero attached hydrogens (tertiary/aromatic N) is 4. The summed E-state index contributed by atoms with van der Waals surface area (Å²) in [7, 11) is 0. The first-order valence-corrected chi connectivity index (χ1v) is 24.2. The Morgan fingerprint density at radius 1 is 0.250 bits per heavy atom. The fourth-order valence-electron chi connectivity index (χ4n) is 9.69. The Balaban J connectivity index is 1.10. The predicted molar refractivity (Wildman–Crippen MR) is 298 cm³/mol. The lowest BCUT2D eigenvalue weighted by atomic mass is 10.1. The van der Waals surface area contributed by atoms with Gasteiger partial charge in [-0.3, -0.25) is 0 Å². The summed E-state index contributed by atoms with van der Waals surface area (Å²) < 4.78 is 15.9. The Morgan fingerprint density at radius 2 is 0.611 bits per heavy atom. The normalized spacial score (nSPS) is 11.1. The van der Waals surface area contributed by atoms with Crippen molar-refractivity contribution in [2.24, 2.45) is 0 Å². The summed E-state index contributed by atoms with van der Waals surface area (Å²) in [5.74, 6) is 2.91. The Kier molecular flexibility index (Phi) is 11.9. The van der Waals surface area contributed by atoms with Crippen molar-refractivity contribution >= 4 is 73.0 Å². The van der Waals surface area contributed by atoms with E-state index in [0.29, 0.717) is 11.5 Å². The Morgan fingerprint density at radius 3 is 1.08 bits per heavy atom. The van der Waals surface area contributed by atoms with Crippen LogP contribution in [0.25, 0.3) is 27.5 Å². The number of anilines is 9. The molecule has 0 N–H and O–H groups in total. The zero-order valence-electron chi connectivity index (χ0n) is 39.3. The number of benzene rings is 11. The number of aromatic nitrogens is 1. The van der Waals surface area contributed by atoms with Gasteiger partial charge in [-0.15, -0.1) is 0 Å². The van der Waals surface area contributed by atoms with E-state index in [1.807, 2.05) is 60.7 Å². The molecular weight excluding hydrogens is 881 g/mol. The summed E-state index contributed by atoms with van der Waals surface area (Å²) in [5.41, 5.74) is 12.0. The van der Waals surface area contributed by atoms with Crippen molar-refractivity contribution in [3.05, 3.63) is 291 Å². The molecule has 0 radical (unpaired) electrons. The van der Waals surface area contributed by atoms with Gasteiger partial charge in [0.25, 0.3) is 0 Å². The van der Waals surface area contributed by atoms with Crippen LogP contribution in [0, 0.1) is 0 Å². The van der Waals surface area contributed by atoms with E-state index >= 15 is 0 Å². The summed E-state index contributed by atoms with van der Waals surface area (Å²) in [4.78, 5) is 6.93. The van der Waals surface area contributed by atoms with E-state index in [1.54, 1.807) is 0 Å². The maximum Gasteiger partial charge on any atom is 0.131 e. The van der Waals surface area contributed by atoms with E-state index in [9.17, 15) is 0 Å². The minimum absolute atomic E-state index is 0.699. The van der Waals surface area contributed by atoms with Crippen LogP contribution in [-0.2, 0) is 0 Å². The standard InChI is InChI=1S/C66H48N4O2/c1-8-25-49(26-9-1)67(50-27-10-2-11-28-50)54-43-56(47-60(45-54)71-58-35-18-6-19-36-58)69(53-33-16-5-17-34-53)64-41-24-42-65-66(64)62-39-22-23-40-63(62)70(65)57-44-55(46-61(48-57)72-59-37-20-7-21-38-59)68(51-29-12-3-13-30-51)52-31-14-4-15-32-52/h1-48H. The second-order valence-electron chi connectivity index (χ2n) is 17.4. The third kappa shape index (κ3) is 8.77. The van der Waals surface area contributed by atoms with Crippen molar-refractivity contribution in [3.8, 4) is 28.7 Å². The highest BCUT2D eigenvalue weighted by molar-refractivity contribution is 6.16. The molecule has 0 saturated heterocycles. The molecular formula is C66H48N4O2. The molecule has 0 aliphatic heterocycles. The van der Waals surface area contributed by atoms with Crippen LogP contribution in [0.15, 0.2) is 291 Å². The van der Waals surface area contributed by atoms with Gasteiger partial charge < -0.3 is 28.7 Å². The highest BCUT2D eigenvalue weighted by Crippen LogP contribution is 2.48. The van der Waals surface area contributed by atoms with Crippen LogP contribution in [0.3, 0.4) is 0 Å². The molecule has 0 fully saturated rings. The molecule has 11 aromatic carbocycles. The lowest BCUT2D eigenvalue weighted by molar-refractivity contribution is 0.482. The molecule has 1 aromatic heterocycles.